The van der Waals surface area contributed by atoms with Crippen LogP contribution in [0.4, 0.5) is 23.7 Å². The summed E-state index contributed by atoms with van der Waals surface area (Å²) in [5.41, 5.74) is 7.23. The Labute approximate surface area is 206 Å². The number of phenols is 1. The number of primary amides is 1. The monoisotopic (exact) mass is 516 g/mol. The number of piperidine rings is 1. The number of rotatable bonds is 4. The minimum Gasteiger partial charge on any atom is -0.507 e. The van der Waals surface area contributed by atoms with E-state index in [2.05, 4.69) is 10.2 Å². The van der Waals surface area contributed by atoms with Crippen molar-refractivity contribution in [1.29, 1.82) is 0 Å². The van der Waals surface area contributed by atoms with Crippen LogP contribution in [0.5, 0.6) is 5.75 Å². The Kier molecular flexibility index (Phi) is 8.94. The summed E-state index contributed by atoms with van der Waals surface area (Å²) in [7, 11) is 0. The molecule has 2 aliphatic heterocycles. The van der Waals surface area contributed by atoms with Crippen molar-refractivity contribution in [2.45, 2.75) is 58.2 Å². The summed E-state index contributed by atoms with van der Waals surface area (Å²) in [5.74, 6) is -3.32. The van der Waals surface area contributed by atoms with Crippen molar-refractivity contribution in [1.82, 2.24) is 10.2 Å². The number of hydrogen-bond acceptors (Lipinski definition) is 6. The van der Waals surface area contributed by atoms with Crippen LogP contribution in [-0.2, 0) is 26.3 Å². The molecule has 1 aromatic rings. The van der Waals surface area contributed by atoms with Crippen LogP contribution in [0, 0.1) is 5.92 Å². The van der Waals surface area contributed by atoms with E-state index in [9.17, 15) is 32.7 Å². The average Bonchev–Trinajstić information content (AvgIpc) is 2.74. The van der Waals surface area contributed by atoms with Crippen LogP contribution < -0.4 is 16.0 Å². The second-order valence-electron chi connectivity index (χ2n) is 9.79. The van der Waals surface area contributed by atoms with Crippen molar-refractivity contribution >= 4 is 29.5 Å². The first kappa shape index (κ1) is 28.9. The molecule has 200 valence electrons. The SMILES string of the molecule is CC(C)(C)c1cc(N2CCC(=O)NC2=O)cc(CN2CCCC(C(N)=O)C2)c1O.O=C(O)C(F)(F)F. The number of amides is 4. The zero-order chi connectivity index (χ0) is 27.4. The number of nitrogens with zero attached hydrogens (tertiary/aromatic N) is 2. The summed E-state index contributed by atoms with van der Waals surface area (Å²) in [6.45, 7) is 8.13. The maximum absolute atomic E-state index is 12.3. The number of nitrogens with two attached hydrogens (primary N) is 1. The van der Waals surface area contributed by atoms with E-state index in [1.165, 1.54) is 4.90 Å². The van der Waals surface area contributed by atoms with Crippen LogP contribution in [0.25, 0.3) is 0 Å². The molecule has 1 unspecified atom stereocenters. The van der Waals surface area contributed by atoms with Crippen molar-refractivity contribution in [2.24, 2.45) is 11.7 Å². The fourth-order valence-electron chi connectivity index (χ4n) is 4.01. The fraction of sp³-hybridized carbons (Fsp3) is 0.565. The van der Waals surface area contributed by atoms with Crippen LogP contribution >= 0.6 is 0 Å². The first-order valence-electron chi connectivity index (χ1n) is 11.3. The van der Waals surface area contributed by atoms with Gasteiger partial charge in [-0.2, -0.15) is 13.2 Å². The number of hydrogen-bond donors (Lipinski definition) is 4. The van der Waals surface area contributed by atoms with Crippen LogP contribution in [0.15, 0.2) is 12.1 Å². The second kappa shape index (κ2) is 11.1. The normalized spacial score (nSPS) is 19.3. The number of likely N-dealkylation sites (tertiary alicyclic amines) is 1. The van der Waals surface area contributed by atoms with Crippen molar-refractivity contribution in [3.63, 3.8) is 0 Å². The molecule has 2 fully saturated rings. The number of aromatic hydroxyl groups is 1. The predicted molar refractivity (Wildman–Crippen MR) is 123 cm³/mol. The van der Waals surface area contributed by atoms with Crippen LogP contribution in [0.1, 0.15) is 51.2 Å². The highest BCUT2D eigenvalue weighted by molar-refractivity contribution is 6.05. The lowest BCUT2D eigenvalue weighted by Crippen LogP contribution is -2.49. The Bertz CT molecular complexity index is 1020. The standard InChI is InChI=1S/C21H30N4O4.C2HF3O2/c1-21(2,3)16-10-15(25-8-6-17(26)23-20(25)29)9-14(18(16)27)12-24-7-4-5-13(11-24)19(22)28;3-2(4,5)1(6)7/h9-10,13,27H,4-8,11-12H2,1-3H3,(H2,22,28)(H,23,26,29);(H,6,7). The summed E-state index contributed by atoms with van der Waals surface area (Å²) in [6, 6.07) is 3.16. The molecule has 10 nitrogen and oxygen atoms in total. The number of anilines is 1. The van der Waals surface area contributed by atoms with Crippen LogP contribution in [0.3, 0.4) is 0 Å². The predicted octanol–water partition coefficient (Wildman–Crippen LogP) is 2.47. The number of halogens is 3. The molecule has 1 aromatic carbocycles. The van der Waals surface area contributed by atoms with Crippen molar-refractivity contribution in [3.05, 3.63) is 23.3 Å². The first-order valence-corrected chi connectivity index (χ1v) is 11.3. The molecule has 0 spiro atoms. The summed E-state index contributed by atoms with van der Waals surface area (Å²) in [6.07, 6.45) is -3.19. The molecule has 1 atom stereocenters. The highest BCUT2D eigenvalue weighted by Crippen LogP contribution is 2.38. The van der Waals surface area contributed by atoms with Gasteiger partial charge in [-0.3, -0.25) is 24.7 Å². The van der Waals surface area contributed by atoms with Gasteiger partial charge in [0.25, 0.3) is 0 Å². The number of imide groups is 1. The van der Waals surface area contributed by atoms with E-state index in [4.69, 9.17) is 15.6 Å². The Morgan fingerprint density at radius 2 is 1.78 bits per heavy atom. The van der Waals surface area contributed by atoms with Crippen LogP contribution in [0.2, 0.25) is 0 Å². The van der Waals surface area contributed by atoms with Gasteiger partial charge < -0.3 is 15.9 Å². The van der Waals surface area contributed by atoms with E-state index >= 15 is 0 Å². The maximum Gasteiger partial charge on any atom is 0.490 e. The fourth-order valence-corrected chi connectivity index (χ4v) is 4.01. The summed E-state index contributed by atoms with van der Waals surface area (Å²) in [4.78, 5) is 48.0. The quantitative estimate of drug-likeness (QED) is 0.479. The minimum atomic E-state index is -5.08. The number of carboxylic acid groups (broad SMARTS) is 1. The molecular weight excluding hydrogens is 485 g/mol. The van der Waals surface area contributed by atoms with Gasteiger partial charge in [0.15, 0.2) is 0 Å². The zero-order valence-corrected chi connectivity index (χ0v) is 20.3. The molecule has 3 rings (SSSR count). The van der Waals surface area contributed by atoms with Gasteiger partial charge in [0.2, 0.25) is 11.8 Å². The third kappa shape index (κ3) is 7.57. The van der Waals surface area contributed by atoms with Crippen molar-refractivity contribution < 1.29 is 42.6 Å². The van der Waals surface area contributed by atoms with E-state index < -0.39 is 18.2 Å². The molecule has 0 saturated carbocycles. The molecule has 0 aliphatic carbocycles. The molecule has 2 heterocycles. The molecule has 0 radical (unpaired) electrons. The number of carbonyl (C=O) groups is 4. The maximum atomic E-state index is 12.3. The average molecular weight is 517 g/mol. The van der Waals surface area contributed by atoms with Crippen molar-refractivity contribution in [2.75, 3.05) is 24.5 Å². The summed E-state index contributed by atoms with van der Waals surface area (Å²) >= 11 is 0. The highest BCUT2D eigenvalue weighted by atomic mass is 19.4. The van der Waals surface area contributed by atoms with Gasteiger partial charge in [0.1, 0.15) is 5.75 Å². The first-order chi connectivity index (χ1) is 16.5. The van der Waals surface area contributed by atoms with Gasteiger partial charge in [-0.1, -0.05) is 20.8 Å². The van der Waals surface area contributed by atoms with Gasteiger partial charge >= 0.3 is 18.2 Å². The van der Waals surface area contributed by atoms with E-state index in [0.717, 1.165) is 24.9 Å². The number of phenolic OH excluding ortho intramolecular Hbond substituents is 1. The molecule has 36 heavy (non-hydrogen) atoms. The Hall–Kier alpha value is -3.35. The Morgan fingerprint density at radius 3 is 2.28 bits per heavy atom. The van der Waals surface area contributed by atoms with E-state index in [-0.39, 0.29) is 35.3 Å². The number of alkyl halides is 3. The minimum absolute atomic E-state index is 0.185. The Morgan fingerprint density at radius 1 is 1.17 bits per heavy atom. The van der Waals surface area contributed by atoms with Crippen molar-refractivity contribution in [3.8, 4) is 5.75 Å². The summed E-state index contributed by atoms with van der Waals surface area (Å²) in [5, 5.41) is 20.4. The number of urea groups is 1. The molecule has 2 saturated heterocycles. The highest BCUT2D eigenvalue weighted by Gasteiger charge is 2.38. The Balaban J connectivity index is 0.000000572. The van der Waals surface area contributed by atoms with Gasteiger partial charge in [-0.15, -0.1) is 0 Å². The van der Waals surface area contributed by atoms with Gasteiger partial charge in [0.05, 0.1) is 5.92 Å². The molecule has 2 aliphatic rings. The lowest BCUT2D eigenvalue weighted by atomic mass is 9.84. The second-order valence-corrected chi connectivity index (χ2v) is 9.79. The lowest BCUT2D eigenvalue weighted by Gasteiger charge is -2.33. The molecular formula is C23H31F3N4O6. The van der Waals surface area contributed by atoms with Gasteiger partial charge in [-0.05, 0) is 36.9 Å². The molecule has 0 bridgehead atoms. The van der Waals surface area contributed by atoms with E-state index in [0.29, 0.717) is 30.9 Å². The molecule has 5 N–H and O–H groups in total. The number of benzene rings is 1. The smallest absolute Gasteiger partial charge is 0.490 e. The number of nitrogens with one attached hydrogen (secondary N) is 1. The van der Waals surface area contributed by atoms with E-state index in [1.807, 2.05) is 26.8 Å². The van der Waals surface area contributed by atoms with Gasteiger partial charge in [0, 0.05) is 42.9 Å². The number of carboxylic acids is 1. The number of aliphatic carboxylic acids is 1. The molecule has 13 heteroatoms. The third-order valence-electron chi connectivity index (χ3n) is 5.89. The van der Waals surface area contributed by atoms with E-state index in [1.54, 1.807) is 6.07 Å². The zero-order valence-electron chi connectivity index (χ0n) is 20.3. The largest absolute Gasteiger partial charge is 0.507 e. The number of carbonyl (C=O) groups excluding carboxylic acids is 3. The molecule has 0 aromatic heterocycles. The van der Waals surface area contributed by atoms with Crippen LogP contribution in [-0.4, -0.2) is 64.7 Å². The lowest BCUT2D eigenvalue weighted by molar-refractivity contribution is -0.192. The third-order valence-corrected chi connectivity index (χ3v) is 5.89. The van der Waals surface area contributed by atoms with Gasteiger partial charge in [-0.25, -0.2) is 9.59 Å². The topological polar surface area (TPSA) is 153 Å². The summed E-state index contributed by atoms with van der Waals surface area (Å²) < 4.78 is 31.7. The molecule has 4 amide bonds.